The number of hydrogen-bond acceptors (Lipinski definition) is 7. The molecule has 0 saturated carbocycles. The van der Waals surface area contributed by atoms with Crippen molar-refractivity contribution < 1.29 is 14.3 Å². The molecule has 3 N–H and O–H groups in total. The predicted molar refractivity (Wildman–Crippen MR) is 110 cm³/mol. The summed E-state index contributed by atoms with van der Waals surface area (Å²) in [6, 6.07) is 13.1. The number of nitrogens with one attached hydrogen (secondary N) is 3. The van der Waals surface area contributed by atoms with Crippen molar-refractivity contribution in [1.82, 2.24) is 26.0 Å². The highest BCUT2D eigenvalue weighted by Gasteiger charge is 2.15. The minimum atomic E-state index is -0.660. The molecule has 0 radical (unpaired) electrons. The van der Waals surface area contributed by atoms with E-state index in [9.17, 15) is 14.4 Å². The van der Waals surface area contributed by atoms with Crippen LogP contribution in [0, 0.1) is 0 Å². The average molecular weight is 421 g/mol. The first kappa shape index (κ1) is 19.3. The lowest BCUT2D eigenvalue weighted by molar-refractivity contribution is 0.0844. The maximum Gasteiger partial charge on any atom is 0.290 e. The number of aromatic amines is 1. The van der Waals surface area contributed by atoms with Crippen molar-refractivity contribution in [2.24, 2.45) is 0 Å². The fourth-order valence-electron chi connectivity index (χ4n) is 2.73. The summed E-state index contributed by atoms with van der Waals surface area (Å²) in [5, 5.41) is 8.65. The number of fused-ring (bicyclic) bond motifs is 1. The number of aromatic nitrogens is 3. The van der Waals surface area contributed by atoms with Crippen molar-refractivity contribution >= 4 is 33.9 Å². The first-order chi connectivity index (χ1) is 14.6. The Hall–Kier alpha value is -4.05. The van der Waals surface area contributed by atoms with E-state index in [0.717, 1.165) is 5.69 Å². The highest BCUT2D eigenvalue weighted by molar-refractivity contribution is 7.07. The van der Waals surface area contributed by atoms with Gasteiger partial charge in [-0.05, 0) is 24.3 Å². The van der Waals surface area contributed by atoms with Gasteiger partial charge >= 0.3 is 0 Å². The molecule has 0 unspecified atom stereocenters. The van der Waals surface area contributed by atoms with Crippen LogP contribution in [0.25, 0.3) is 10.8 Å². The second-order valence-corrected chi connectivity index (χ2v) is 6.87. The van der Waals surface area contributed by atoms with Gasteiger partial charge in [-0.2, -0.15) is 5.10 Å². The van der Waals surface area contributed by atoms with Gasteiger partial charge in [-0.25, -0.2) is 10.1 Å². The summed E-state index contributed by atoms with van der Waals surface area (Å²) in [5.74, 6) is -0.696. The summed E-state index contributed by atoms with van der Waals surface area (Å²) in [6.07, 6.45) is 0. The number of amides is 2. The van der Waals surface area contributed by atoms with E-state index in [1.165, 1.54) is 11.3 Å². The quantitative estimate of drug-likeness (QED) is 0.423. The van der Waals surface area contributed by atoms with Crippen LogP contribution in [0.5, 0.6) is 5.75 Å². The molecule has 150 valence electrons. The normalized spacial score (nSPS) is 10.5. The van der Waals surface area contributed by atoms with Crippen LogP contribution in [0.4, 0.5) is 0 Å². The molecular weight excluding hydrogens is 406 g/mol. The predicted octanol–water partition coefficient (Wildman–Crippen LogP) is 2.03. The second kappa shape index (κ2) is 8.53. The summed E-state index contributed by atoms with van der Waals surface area (Å²) in [7, 11) is 0. The third kappa shape index (κ3) is 4.18. The molecule has 0 atom stereocenters. The van der Waals surface area contributed by atoms with Crippen LogP contribution in [0.2, 0.25) is 0 Å². The van der Waals surface area contributed by atoms with Gasteiger partial charge in [0, 0.05) is 16.3 Å². The Morgan fingerprint density at radius 1 is 1.03 bits per heavy atom. The van der Waals surface area contributed by atoms with Crippen LogP contribution in [-0.4, -0.2) is 27.0 Å². The number of carbonyl (C=O) groups excluding carboxylic acids is 2. The Morgan fingerprint density at radius 3 is 2.63 bits per heavy atom. The smallest absolute Gasteiger partial charge is 0.290 e. The zero-order valence-corrected chi connectivity index (χ0v) is 16.2. The summed E-state index contributed by atoms with van der Waals surface area (Å²) in [6.45, 7) is 0.288. The molecule has 0 aliphatic heterocycles. The molecular formula is C20H15N5O4S. The standard InChI is InChI=1S/C20H15N5O4S/c26-18(12-4-3-5-14(8-12)29-9-13-10-30-11-21-13)23-25-20(28)17-15-6-1-2-7-16(15)19(27)24-22-17/h1-8,10-11H,9H2,(H,23,26)(H,24,27)(H,25,28). The van der Waals surface area contributed by atoms with E-state index in [1.54, 1.807) is 54.0 Å². The highest BCUT2D eigenvalue weighted by atomic mass is 32.1. The molecule has 0 bridgehead atoms. The Bertz CT molecular complexity index is 1270. The van der Waals surface area contributed by atoms with E-state index in [4.69, 9.17) is 4.74 Å². The third-order valence-corrected chi connectivity index (χ3v) is 4.80. The van der Waals surface area contributed by atoms with Gasteiger partial charge in [-0.1, -0.05) is 24.3 Å². The number of hydrazine groups is 1. The van der Waals surface area contributed by atoms with Gasteiger partial charge in [0.05, 0.1) is 16.6 Å². The first-order valence-corrected chi connectivity index (χ1v) is 9.74. The molecule has 0 spiro atoms. The summed E-state index contributed by atoms with van der Waals surface area (Å²) < 4.78 is 5.63. The van der Waals surface area contributed by atoms with Gasteiger partial charge in [-0.3, -0.25) is 25.2 Å². The highest BCUT2D eigenvalue weighted by Crippen LogP contribution is 2.15. The zero-order valence-electron chi connectivity index (χ0n) is 15.4. The average Bonchev–Trinajstić information content (AvgIpc) is 3.30. The van der Waals surface area contributed by atoms with Gasteiger partial charge < -0.3 is 4.74 Å². The van der Waals surface area contributed by atoms with Gasteiger partial charge in [0.15, 0.2) is 5.69 Å². The van der Waals surface area contributed by atoms with Crippen molar-refractivity contribution in [3.05, 3.63) is 86.7 Å². The number of benzene rings is 2. The number of carbonyl (C=O) groups is 2. The van der Waals surface area contributed by atoms with Crippen LogP contribution in [0.3, 0.4) is 0 Å². The molecule has 30 heavy (non-hydrogen) atoms. The van der Waals surface area contributed by atoms with Gasteiger partial charge in [0.1, 0.15) is 12.4 Å². The molecule has 4 rings (SSSR count). The lowest BCUT2D eigenvalue weighted by atomic mass is 10.1. The zero-order chi connectivity index (χ0) is 20.9. The number of rotatable bonds is 5. The number of ether oxygens (including phenoxy) is 1. The Morgan fingerprint density at radius 2 is 1.83 bits per heavy atom. The second-order valence-electron chi connectivity index (χ2n) is 6.15. The van der Waals surface area contributed by atoms with Crippen molar-refractivity contribution in [3.8, 4) is 5.75 Å². The van der Waals surface area contributed by atoms with Crippen LogP contribution in [0.15, 0.2) is 64.2 Å². The van der Waals surface area contributed by atoms with E-state index in [0.29, 0.717) is 22.1 Å². The Kier molecular flexibility index (Phi) is 5.48. The Balaban J connectivity index is 1.42. The molecule has 0 aliphatic carbocycles. The number of hydrogen-bond donors (Lipinski definition) is 3. The fourth-order valence-corrected chi connectivity index (χ4v) is 3.27. The maximum atomic E-state index is 12.5. The van der Waals surface area contributed by atoms with Crippen LogP contribution in [-0.2, 0) is 6.61 Å². The SMILES string of the molecule is O=C(NNC(=O)c1n[nH]c(=O)c2ccccc12)c1cccc(OCc2cscn2)c1. The monoisotopic (exact) mass is 421 g/mol. The molecule has 2 aromatic heterocycles. The van der Waals surface area contributed by atoms with Gasteiger partial charge in [0.2, 0.25) is 0 Å². The molecule has 2 aromatic carbocycles. The van der Waals surface area contributed by atoms with Crippen LogP contribution < -0.4 is 21.1 Å². The number of nitrogens with zero attached hydrogens (tertiary/aromatic N) is 2. The van der Waals surface area contributed by atoms with Gasteiger partial charge in [-0.15, -0.1) is 11.3 Å². The van der Waals surface area contributed by atoms with E-state index in [-0.39, 0.29) is 12.3 Å². The van der Waals surface area contributed by atoms with Crippen molar-refractivity contribution in [1.29, 1.82) is 0 Å². The lowest BCUT2D eigenvalue weighted by Crippen LogP contribution is -2.42. The van der Waals surface area contributed by atoms with E-state index in [1.807, 2.05) is 5.38 Å². The molecule has 0 aliphatic rings. The first-order valence-electron chi connectivity index (χ1n) is 8.80. The summed E-state index contributed by atoms with van der Waals surface area (Å²) in [5.41, 5.74) is 7.04. The molecule has 2 heterocycles. The number of thiazole rings is 1. The van der Waals surface area contributed by atoms with E-state index in [2.05, 4.69) is 26.0 Å². The largest absolute Gasteiger partial charge is 0.487 e. The third-order valence-electron chi connectivity index (χ3n) is 4.17. The van der Waals surface area contributed by atoms with Gasteiger partial charge in [0.25, 0.3) is 17.4 Å². The topological polar surface area (TPSA) is 126 Å². The minimum Gasteiger partial charge on any atom is -0.487 e. The maximum absolute atomic E-state index is 12.5. The van der Waals surface area contributed by atoms with Crippen molar-refractivity contribution in [2.75, 3.05) is 0 Å². The van der Waals surface area contributed by atoms with E-state index < -0.39 is 17.4 Å². The fraction of sp³-hybridized carbons (Fsp3) is 0.0500. The summed E-state index contributed by atoms with van der Waals surface area (Å²) in [4.78, 5) is 40.8. The van der Waals surface area contributed by atoms with Crippen LogP contribution >= 0.6 is 11.3 Å². The minimum absolute atomic E-state index is 0.00848. The molecule has 9 nitrogen and oxygen atoms in total. The number of H-pyrrole nitrogens is 1. The van der Waals surface area contributed by atoms with Crippen molar-refractivity contribution in [3.63, 3.8) is 0 Å². The molecule has 2 amide bonds. The van der Waals surface area contributed by atoms with E-state index >= 15 is 0 Å². The van der Waals surface area contributed by atoms with Crippen molar-refractivity contribution in [2.45, 2.75) is 6.61 Å². The molecule has 4 aromatic rings. The molecule has 0 fully saturated rings. The lowest BCUT2D eigenvalue weighted by Gasteiger charge is -2.10. The Labute approximate surface area is 173 Å². The summed E-state index contributed by atoms with van der Waals surface area (Å²) >= 11 is 1.47. The molecule has 0 saturated heterocycles. The molecule has 10 heteroatoms. The van der Waals surface area contributed by atoms with Crippen LogP contribution in [0.1, 0.15) is 26.5 Å².